The summed E-state index contributed by atoms with van der Waals surface area (Å²) in [5.41, 5.74) is 1.40. The number of carbonyl (C=O) groups excluding carboxylic acids is 3. The molecule has 0 spiro atoms. The zero-order valence-corrected chi connectivity index (χ0v) is 15.4. The lowest BCUT2D eigenvalue weighted by Gasteiger charge is -2.34. The van der Waals surface area contributed by atoms with Gasteiger partial charge in [0.05, 0.1) is 12.1 Å². The Balaban J connectivity index is 1.73. The maximum absolute atomic E-state index is 13.0. The second-order valence-electron chi connectivity index (χ2n) is 6.48. The molecule has 1 aliphatic rings. The highest BCUT2D eigenvalue weighted by Crippen LogP contribution is 2.17. The summed E-state index contributed by atoms with van der Waals surface area (Å²) in [6.07, 6.45) is 0. The first-order valence-corrected chi connectivity index (χ1v) is 9.01. The van der Waals surface area contributed by atoms with Crippen LogP contribution in [0.1, 0.15) is 26.3 Å². The van der Waals surface area contributed by atoms with Gasteiger partial charge in [0, 0.05) is 44.4 Å². The van der Waals surface area contributed by atoms with Crippen molar-refractivity contribution in [3.05, 3.63) is 71.3 Å². The second kappa shape index (κ2) is 8.60. The molecule has 27 heavy (non-hydrogen) atoms. The van der Waals surface area contributed by atoms with Gasteiger partial charge in [0.15, 0.2) is 5.78 Å². The van der Waals surface area contributed by atoms with Crippen LogP contribution in [0.25, 0.3) is 0 Å². The minimum Gasteiger partial charge on any atom is -0.358 e. The fourth-order valence-corrected chi connectivity index (χ4v) is 3.17. The van der Waals surface area contributed by atoms with Crippen LogP contribution in [0.3, 0.4) is 0 Å². The molecule has 1 fully saturated rings. The minimum atomic E-state index is -0.155. The molecule has 0 unspecified atom stereocenters. The molecule has 0 saturated carbocycles. The molecule has 3 rings (SSSR count). The number of likely N-dealkylation sites (N-methyl/N-ethyl adjacent to an activating group) is 1. The number of nitrogens with one attached hydrogen (secondary N) is 1. The van der Waals surface area contributed by atoms with E-state index in [0.29, 0.717) is 49.4 Å². The van der Waals surface area contributed by atoms with E-state index in [9.17, 15) is 14.4 Å². The summed E-state index contributed by atoms with van der Waals surface area (Å²) >= 11 is 0. The maximum Gasteiger partial charge on any atom is 0.254 e. The van der Waals surface area contributed by atoms with Crippen LogP contribution in [0.4, 0.5) is 0 Å². The molecular weight excluding hydrogens is 342 g/mol. The highest BCUT2D eigenvalue weighted by Gasteiger charge is 2.26. The molecule has 1 heterocycles. The SMILES string of the molecule is CNC(=O)CN1CCN(C(=O)c2ccccc2C(=O)c2ccccc2)CC1. The number of carbonyl (C=O) groups is 3. The second-order valence-corrected chi connectivity index (χ2v) is 6.48. The monoisotopic (exact) mass is 365 g/mol. The Morgan fingerprint density at radius 1 is 0.852 bits per heavy atom. The molecule has 1 aliphatic heterocycles. The van der Waals surface area contributed by atoms with Crippen LogP contribution in [0, 0.1) is 0 Å². The third kappa shape index (κ3) is 4.41. The molecule has 1 N–H and O–H groups in total. The standard InChI is InChI=1S/C21H23N3O3/c1-22-19(25)15-23-11-13-24(14-12-23)21(27)18-10-6-5-9-17(18)20(26)16-7-3-2-4-8-16/h2-10H,11-15H2,1H3,(H,22,25). The highest BCUT2D eigenvalue weighted by atomic mass is 16.2. The summed E-state index contributed by atoms with van der Waals surface area (Å²) in [6, 6.07) is 15.9. The number of amides is 2. The van der Waals surface area contributed by atoms with Gasteiger partial charge in [0.25, 0.3) is 5.91 Å². The minimum absolute atomic E-state index is 0.0337. The van der Waals surface area contributed by atoms with E-state index in [2.05, 4.69) is 5.32 Å². The summed E-state index contributed by atoms with van der Waals surface area (Å²) in [7, 11) is 1.61. The first-order valence-electron chi connectivity index (χ1n) is 9.01. The van der Waals surface area contributed by atoms with Crippen LogP contribution >= 0.6 is 0 Å². The maximum atomic E-state index is 13.0. The van der Waals surface area contributed by atoms with Crippen molar-refractivity contribution in [2.45, 2.75) is 0 Å². The lowest BCUT2D eigenvalue weighted by molar-refractivity contribution is -0.122. The van der Waals surface area contributed by atoms with Gasteiger partial charge in [-0.25, -0.2) is 0 Å². The Hall–Kier alpha value is -2.99. The van der Waals surface area contributed by atoms with E-state index in [1.165, 1.54) is 0 Å². The van der Waals surface area contributed by atoms with Gasteiger partial charge in [-0.3, -0.25) is 19.3 Å². The normalized spacial score (nSPS) is 14.6. The van der Waals surface area contributed by atoms with E-state index < -0.39 is 0 Å². The van der Waals surface area contributed by atoms with Crippen molar-refractivity contribution in [2.24, 2.45) is 0 Å². The third-order valence-electron chi connectivity index (χ3n) is 4.74. The Labute approximate surface area is 158 Å². The van der Waals surface area contributed by atoms with Crippen molar-refractivity contribution in [1.82, 2.24) is 15.1 Å². The molecule has 2 amide bonds. The predicted molar refractivity (Wildman–Crippen MR) is 103 cm³/mol. The van der Waals surface area contributed by atoms with Gasteiger partial charge < -0.3 is 10.2 Å². The van der Waals surface area contributed by atoms with Crippen molar-refractivity contribution in [1.29, 1.82) is 0 Å². The van der Waals surface area contributed by atoms with Gasteiger partial charge in [0.1, 0.15) is 0 Å². The predicted octanol–water partition coefficient (Wildman–Crippen LogP) is 1.42. The zero-order valence-electron chi connectivity index (χ0n) is 15.4. The van der Waals surface area contributed by atoms with E-state index in [1.54, 1.807) is 48.3 Å². The molecule has 140 valence electrons. The van der Waals surface area contributed by atoms with Gasteiger partial charge >= 0.3 is 0 Å². The number of hydrogen-bond acceptors (Lipinski definition) is 4. The van der Waals surface area contributed by atoms with Gasteiger partial charge in [-0.15, -0.1) is 0 Å². The fourth-order valence-electron chi connectivity index (χ4n) is 3.17. The number of piperazine rings is 1. The first kappa shape index (κ1) is 18.8. The Kier molecular flexibility index (Phi) is 5.98. The molecular formula is C21H23N3O3. The molecule has 0 bridgehead atoms. The number of hydrogen-bond donors (Lipinski definition) is 1. The van der Waals surface area contributed by atoms with Crippen LogP contribution in [-0.2, 0) is 4.79 Å². The lowest BCUT2D eigenvalue weighted by atomic mass is 9.97. The summed E-state index contributed by atoms with van der Waals surface area (Å²) in [5.74, 6) is -0.333. The van der Waals surface area contributed by atoms with Crippen molar-refractivity contribution in [3.8, 4) is 0 Å². The molecule has 0 atom stereocenters. The molecule has 6 nitrogen and oxygen atoms in total. The molecule has 0 radical (unpaired) electrons. The Bertz CT molecular complexity index is 828. The van der Waals surface area contributed by atoms with Gasteiger partial charge in [0.2, 0.25) is 5.91 Å². The Morgan fingerprint density at radius 2 is 1.44 bits per heavy atom. The molecule has 0 aliphatic carbocycles. The van der Waals surface area contributed by atoms with Crippen LogP contribution in [-0.4, -0.2) is 67.2 Å². The number of rotatable bonds is 5. The third-order valence-corrected chi connectivity index (χ3v) is 4.74. The molecule has 6 heteroatoms. The smallest absolute Gasteiger partial charge is 0.254 e. The van der Waals surface area contributed by atoms with Gasteiger partial charge in [-0.05, 0) is 6.07 Å². The van der Waals surface area contributed by atoms with Crippen molar-refractivity contribution in [3.63, 3.8) is 0 Å². The quantitative estimate of drug-likeness (QED) is 0.814. The van der Waals surface area contributed by atoms with Crippen molar-refractivity contribution >= 4 is 17.6 Å². The van der Waals surface area contributed by atoms with E-state index in [4.69, 9.17) is 0 Å². The summed E-state index contributed by atoms with van der Waals surface area (Å²) in [6.45, 7) is 2.66. The molecule has 2 aromatic carbocycles. The number of nitrogens with zero attached hydrogens (tertiary/aromatic N) is 2. The largest absolute Gasteiger partial charge is 0.358 e. The average molecular weight is 365 g/mol. The fraction of sp³-hybridized carbons (Fsp3) is 0.286. The first-order chi connectivity index (χ1) is 13.1. The van der Waals surface area contributed by atoms with E-state index in [0.717, 1.165) is 0 Å². The highest BCUT2D eigenvalue weighted by molar-refractivity contribution is 6.15. The van der Waals surface area contributed by atoms with Crippen LogP contribution in [0.15, 0.2) is 54.6 Å². The van der Waals surface area contributed by atoms with E-state index in [-0.39, 0.29) is 17.6 Å². The zero-order chi connectivity index (χ0) is 19.2. The summed E-state index contributed by atoms with van der Waals surface area (Å²) in [5, 5.41) is 2.61. The van der Waals surface area contributed by atoms with Gasteiger partial charge in [-0.2, -0.15) is 0 Å². The lowest BCUT2D eigenvalue weighted by Crippen LogP contribution is -2.51. The summed E-state index contributed by atoms with van der Waals surface area (Å²) < 4.78 is 0. The van der Waals surface area contributed by atoms with Crippen LogP contribution < -0.4 is 5.32 Å². The molecule has 2 aromatic rings. The van der Waals surface area contributed by atoms with E-state index >= 15 is 0 Å². The Morgan fingerprint density at radius 3 is 2.07 bits per heavy atom. The number of ketones is 1. The molecule has 0 aromatic heterocycles. The van der Waals surface area contributed by atoms with Crippen LogP contribution in [0.2, 0.25) is 0 Å². The molecule has 1 saturated heterocycles. The van der Waals surface area contributed by atoms with Crippen LogP contribution in [0.5, 0.6) is 0 Å². The average Bonchev–Trinajstić information content (AvgIpc) is 2.73. The topological polar surface area (TPSA) is 69.7 Å². The van der Waals surface area contributed by atoms with Gasteiger partial charge in [-0.1, -0.05) is 48.5 Å². The van der Waals surface area contributed by atoms with Crippen molar-refractivity contribution < 1.29 is 14.4 Å². The van der Waals surface area contributed by atoms with E-state index in [1.807, 2.05) is 23.1 Å². The van der Waals surface area contributed by atoms with Crippen molar-refractivity contribution in [2.75, 3.05) is 39.8 Å². The summed E-state index contributed by atoms with van der Waals surface area (Å²) in [4.78, 5) is 41.1. The number of benzene rings is 2.